The molecule has 120 valence electrons. The molecular weight excluding hydrogens is 342 g/mol. The zero-order chi connectivity index (χ0) is 17.1. The molecule has 24 heavy (non-hydrogen) atoms. The van der Waals surface area contributed by atoms with E-state index in [1.807, 2.05) is 25.1 Å². The van der Waals surface area contributed by atoms with Crippen molar-refractivity contribution in [1.29, 1.82) is 0 Å². The molecule has 1 heterocycles. The molecule has 1 aliphatic rings. The van der Waals surface area contributed by atoms with Crippen LogP contribution in [0, 0.1) is 6.92 Å². The van der Waals surface area contributed by atoms with Crippen molar-refractivity contribution in [3.63, 3.8) is 0 Å². The molecule has 1 aliphatic heterocycles. The number of carbonyl (C=O) groups is 2. The predicted octanol–water partition coefficient (Wildman–Crippen LogP) is 3.70. The van der Waals surface area contributed by atoms with E-state index in [0.717, 1.165) is 5.56 Å². The third-order valence-corrected chi connectivity index (χ3v) is 4.50. The van der Waals surface area contributed by atoms with Crippen LogP contribution in [0.4, 0.5) is 0 Å². The molecule has 0 aliphatic carbocycles. The van der Waals surface area contributed by atoms with E-state index in [4.69, 9.17) is 17.0 Å². The van der Waals surface area contributed by atoms with Crippen LogP contribution in [0.5, 0.6) is 5.75 Å². The van der Waals surface area contributed by atoms with Gasteiger partial charge in [-0.2, -0.15) is 0 Å². The Labute approximate surface area is 148 Å². The predicted molar refractivity (Wildman–Crippen MR) is 98.9 cm³/mol. The number of para-hydroxylation sites is 1. The maximum Gasteiger partial charge on any atom is 0.343 e. The number of ether oxygens (including phenoxy) is 1. The Morgan fingerprint density at radius 3 is 2.54 bits per heavy atom. The molecule has 0 spiro atoms. The van der Waals surface area contributed by atoms with Gasteiger partial charge < -0.3 is 10.1 Å². The van der Waals surface area contributed by atoms with Crippen molar-refractivity contribution in [3.05, 3.63) is 70.1 Å². The summed E-state index contributed by atoms with van der Waals surface area (Å²) in [5, 5.41) is 2.56. The Kier molecular flexibility index (Phi) is 4.78. The normalized spacial score (nSPS) is 15.5. The van der Waals surface area contributed by atoms with Crippen LogP contribution in [0.3, 0.4) is 0 Å². The number of hydrogen-bond donors (Lipinski definition) is 1. The van der Waals surface area contributed by atoms with Crippen LogP contribution in [0.25, 0.3) is 6.08 Å². The molecule has 2 aromatic rings. The van der Waals surface area contributed by atoms with Gasteiger partial charge in [-0.25, -0.2) is 4.79 Å². The topological polar surface area (TPSA) is 55.4 Å². The molecule has 4 nitrogen and oxygen atoms in total. The number of thiocarbonyl (C=S) groups is 1. The monoisotopic (exact) mass is 355 g/mol. The van der Waals surface area contributed by atoms with E-state index >= 15 is 0 Å². The van der Waals surface area contributed by atoms with Gasteiger partial charge in [0.15, 0.2) is 0 Å². The van der Waals surface area contributed by atoms with Gasteiger partial charge in [0.2, 0.25) is 0 Å². The average molecular weight is 355 g/mol. The number of nitrogens with one attached hydrogen (secondary N) is 1. The van der Waals surface area contributed by atoms with Crippen molar-refractivity contribution < 1.29 is 14.3 Å². The molecule has 3 rings (SSSR count). The van der Waals surface area contributed by atoms with Crippen molar-refractivity contribution in [2.75, 3.05) is 0 Å². The minimum absolute atomic E-state index is 0.246. The molecule has 1 saturated heterocycles. The summed E-state index contributed by atoms with van der Waals surface area (Å²) in [6, 6.07) is 14.2. The molecule has 0 unspecified atom stereocenters. The fourth-order valence-electron chi connectivity index (χ4n) is 2.10. The highest BCUT2D eigenvalue weighted by Crippen LogP contribution is 2.29. The van der Waals surface area contributed by atoms with Crippen molar-refractivity contribution in [1.82, 2.24) is 5.32 Å². The van der Waals surface area contributed by atoms with Gasteiger partial charge >= 0.3 is 5.97 Å². The number of hydrogen-bond acceptors (Lipinski definition) is 5. The second-order valence-corrected chi connectivity index (χ2v) is 6.86. The Balaban J connectivity index is 1.86. The van der Waals surface area contributed by atoms with Crippen LogP contribution in [-0.4, -0.2) is 16.2 Å². The van der Waals surface area contributed by atoms with Crippen molar-refractivity contribution in [3.8, 4) is 5.75 Å². The molecular formula is C18H13NO3S2. The van der Waals surface area contributed by atoms with Gasteiger partial charge in [0.1, 0.15) is 10.1 Å². The fraction of sp³-hybridized carbons (Fsp3) is 0.0556. The highest BCUT2D eigenvalue weighted by molar-refractivity contribution is 8.26. The van der Waals surface area contributed by atoms with E-state index in [1.54, 1.807) is 36.4 Å². The lowest BCUT2D eigenvalue weighted by atomic mass is 10.1. The first kappa shape index (κ1) is 16.4. The number of aryl methyl sites for hydroxylation is 1. The van der Waals surface area contributed by atoms with Crippen LogP contribution in [0.15, 0.2) is 53.4 Å². The quantitative estimate of drug-likeness (QED) is 0.394. The summed E-state index contributed by atoms with van der Waals surface area (Å²) in [7, 11) is 0. The fourth-order valence-corrected chi connectivity index (χ4v) is 3.14. The van der Waals surface area contributed by atoms with E-state index in [0.29, 0.717) is 26.1 Å². The van der Waals surface area contributed by atoms with Crippen molar-refractivity contribution in [2.45, 2.75) is 6.92 Å². The SMILES string of the molecule is Cc1ccc(C(=O)Oc2ccccc2C=C2SC(=S)NC2=O)cc1. The Morgan fingerprint density at radius 1 is 1.17 bits per heavy atom. The number of thioether (sulfide) groups is 1. The summed E-state index contributed by atoms with van der Waals surface area (Å²) in [4.78, 5) is 24.5. The van der Waals surface area contributed by atoms with Gasteiger partial charge in [-0.3, -0.25) is 4.79 Å². The van der Waals surface area contributed by atoms with Gasteiger partial charge in [0.05, 0.1) is 10.5 Å². The molecule has 6 heteroatoms. The molecule has 1 N–H and O–H groups in total. The number of rotatable bonds is 3. The van der Waals surface area contributed by atoms with Crippen LogP contribution in [0.2, 0.25) is 0 Å². The minimum Gasteiger partial charge on any atom is -0.422 e. The van der Waals surface area contributed by atoms with E-state index < -0.39 is 5.97 Å². The first-order valence-corrected chi connectivity index (χ1v) is 8.38. The maximum absolute atomic E-state index is 12.3. The smallest absolute Gasteiger partial charge is 0.343 e. The third kappa shape index (κ3) is 3.72. The lowest BCUT2D eigenvalue weighted by Crippen LogP contribution is -2.17. The van der Waals surface area contributed by atoms with E-state index in [2.05, 4.69) is 5.32 Å². The molecule has 1 amide bonds. The van der Waals surface area contributed by atoms with Crippen LogP contribution >= 0.6 is 24.0 Å². The summed E-state index contributed by atoms with van der Waals surface area (Å²) < 4.78 is 5.90. The first-order chi connectivity index (χ1) is 11.5. The maximum atomic E-state index is 12.3. The molecule has 0 aromatic heterocycles. The van der Waals surface area contributed by atoms with Gasteiger partial charge in [0.25, 0.3) is 5.91 Å². The van der Waals surface area contributed by atoms with Gasteiger partial charge in [0, 0.05) is 5.56 Å². The lowest BCUT2D eigenvalue weighted by Gasteiger charge is -2.08. The second-order valence-electron chi connectivity index (χ2n) is 5.15. The highest BCUT2D eigenvalue weighted by Gasteiger charge is 2.22. The van der Waals surface area contributed by atoms with E-state index in [-0.39, 0.29) is 5.91 Å². The summed E-state index contributed by atoms with van der Waals surface area (Å²) in [6.45, 7) is 1.95. The zero-order valence-corrected chi connectivity index (χ0v) is 14.4. The van der Waals surface area contributed by atoms with E-state index in [9.17, 15) is 9.59 Å². The molecule has 2 aromatic carbocycles. The van der Waals surface area contributed by atoms with Gasteiger partial charge in [-0.05, 0) is 31.2 Å². The standard InChI is InChI=1S/C18H13NO3S2/c1-11-6-8-12(9-7-11)17(21)22-14-5-3-2-4-13(14)10-15-16(20)19-18(23)24-15/h2-10H,1H3,(H,19,20,23). The van der Waals surface area contributed by atoms with Crippen molar-refractivity contribution in [2.24, 2.45) is 0 Å². The molecule has 0 radical (unpaired) electrons. The van der Waals surface area contributed by atoms with Crippen LogP contribution in [0.1, 0.15) is 21.5 Å². The number of benzene rings is 2. The molecule has 0 atom stereocenters. The number of amides is 1. The lowest BCUT2D eigenvalue weighted by molar-refractivity contribution is -0.115. The highest BCUT2D eigenvalue weighted by atomic mass is 32.2. The van der Waals surface area contributed by atoms with Gasteiger partial charge in [-0.1, -0.05) is 59.9 Å². The molecule has 0 saturated carbocycles. The number of esters is 1. The van der Waals surface area contributed by atoms with Crippen molar-refractivity contribution >= 4 is 46.3 Å². The molecule has 1 fully saturated rings. The largest absolute Gasteiger partial charge is 0.422 e. The summed E-state index contributed by atoms with van der Waals surface area (Å²) in [5.74, 6) is -0.300. The summed E-state index contributed by atoms with van der Waals surface area (Å²) >= 11 is 6.16. The summed E-state index contributed by atoms with van der Waals surface area (Å²) in [5.41, 5.74) is 2.18. The Bertz CT molecular complexity index is 857. The Morgan fingerprint density at radius 2 is 1.88 bits per heavy atom. The van der Waals surface area contributed by atoms with Crippen LogP contribution in [-0.2, 0) is 4.79 Å². The third-order valence-electron chi connectivity index (χ3n) is 3.34. The van der Waals surface area contributed by atoms with Crippen LogP contribution < -0.4 is 10.1 Å². The van der Waals surface area contributed by atoms with E-state index in [1.165, 1.54) is 11.8 Å². The molecule has 0 bridgehead atoms. The second kappa shape index (κ2) is 6.98. The minimum atomic E-state index is -0.445. The zero-order valence-electron chi connectivity index (χ0n) is 12.7. The first-order valence-electron chi connectivity index (χ1n) is 7.15. The summed E-state index contributed by atoms with van der Waals surface area (Å²) in [6.07, 6.45) is 1.66. The Hall–Kier alpha value is -2.44. The van der Waals surface area contributed by atoms with Gasteiger partial charge in [-0.15, -0.1) is 0 Å². The average Bonchev–Trinajstić information content (AvgIpc) is 2.87. The number of carbonyl (C=O) groups excluding carboxylic acids is 2.